The average Bonchev–Trinajstić information content (AvgIpc) is 2.37. The maximum atomic E-state index is 5.37. The molecule has 0 spiro atoms. The Morgan fingerprint density at radius 2 is 2.56 bits per heavy atom. The van der Waals surface area contributed by atoms with E-state index >= 15 is 0 Å². The average molecular weight is 126 g/mol. The van der Waals surface area contributed by atoms with Crippen molar-refractivity contribution in [2.45, 2.75) is 13.0 Å². The van der Waals surface area contributed by atoms with Gasteiger partial charge in [-0.1, -0.05) is 0 Å². The van der Waals surface area contributed by atoms with Crippen LogP contribution in [0.15, 0.2) is 12.7 Å². The first-order chi connectivity index (χ1) is 4.34. The predicted octanol–water partition coefficient (Wildman–Crippen LogP) is -0.202. The number of hydrogen-bond acceptors (Lipinski definition) is 3. The zero-order chi connectivity index (χ0) is 6.69. The van der Waals surface area contributed by atoms with Crippen molar-refractivity contribution in [1.82, 2.24) is 14.8 Å². The first-order valence-corrected chi connectivity index (χ1v) is 2.88. The highest BCUT2D eigenvalue weighted by Gasteiger charge is 1.98. The third-order valence-corrected chi connectivity index (χ3v) is 1.23. The molecule has 0 amide bonds. The van der Waals surface area contributed by atoms with Crippen LogP contribution in [0.5, 0.6) is 0 Å². The van der Waals surface area contributed by atoms with Crippen LogP contribution in [0.4, 0.5) is 0 Å². The monoisotopic (exact) mass is 126 g/mol. The zero-order valence-corrected chi connectivity index (χ0v) is 5.36. The summed E-state index contributed by atoms with van der Waals surface area (Å²) in [5.41, 5.74) is 5.37. The van der Waals surface area contributed by atoms with Gasteiger partial charge < -0.3 is 5.73 Å². The van der Waals surface area contributed by atoms with Gasteiger partial charge in [0.25, 0.3) is 0 Å². The summed E-state index contributed by atoms with van der Waals surface area (Å²) in [7, 11) is 0. The molecule has 0 unspecified atom stereocenters. The van der Waals surface area contributed by atoms with E-state index in [1.165, 1.54) is 6.33 Å². The normalized spacial score (nSPS) is 13.6. The van der Waals surface area contributed by atoms with Crippen molar-refractivity contribution < 1.29 is 0 Å². The van der Waals surface area contributed by atoms with Crippen molar-refractivity contribution in [2.24, 2.45) is 5.73 Å². The summed E-state index contributed by atoms with van der Waals surface area (Å²) in [6.07, 6.45) is 3.17. The Labute approximate surface area is 53.7 Å². The molecule has 1 aromatic heterocycles. The molecule has 0 saturated carbocycles. The second kappa shape index (κ2) is 2.59. The fourth-order valence-electron chi connectivity index (χ4n) is 0.553. The van der Waals surface area contributed by atoms with Gasteiger partial charge in [-0.3, -0.25) is 0 Å². The van der Waals surface area contributed by atoms with E-state index in [0.717, 1.165) is 0 Å². The van der Waals surface area contributed by atoms with Crippen molar-refractivity contribution >= 4 is 0 Å². The molecule has 1 aromatic rings. The van der Waals surface area contributed by atoms with Crippen molar-refractivity contribution in [3.63, 3.8) is 0 Å². The van der Waals surface area contributed by atoms with E-state index in [9.17, 15) is 0 Å². The van der Waals surface area contributed by atoms with Crippen molar-refractivity contribution in [1.29, 1.82) is 0 Å². The molecule has 0 aliphatic carbocycles. The maximum Gasteiger partial charge on any atom is 0.137 e. The van der Waals surface area contributed by atoms with Gasteiger partial charge in [0.05, 0.1) is 6.04 Å². The lowest BCUT2D eigenvalue weighted by Gasteiger charge is -2.05. The Balaban J connectivity index is 2.65. The van der Waals surface area contributed by atoms with Gasteiger partial charge in [-0.25, -0.2) is 9.67 Å². The third kappa shape index (κ3) is 1.26. The quantitative estimate of drug-likeness (QED) is 0.597. The number of hydrogen-bond donors (Lipinski definition) is 1. The Morgan fingerprint density at radius 3 is 3.00 bits per heavy atom. The van der Waals surface area contributed by atoms with Gasteiger partial charge in [0.1, 0.15) is 12.7 Å². The summed E-state index contributed by atoms with van der Waals surface area (Å²) in [4.78, 5) is 3.79. The van der Waals surface area contributed by atoms with Crippen LogP contribution in [0.2, 0.25) is 0 Å². The molecule has 1 atom stereocenters. The summed E-state index contributed by atoms with van der Waals surface area (Å²) in [6, 6.07) is 0.257. The number of nitrogens with zero attached hydrogens (tertiary/aromatic N) is 3. The van der Waals surface area contributed by atoms with E-state index in [1.807, 2.05) is 6.92 Å². The second-order valence-corrected chi connectivity index (χ2v) is 1.96. The molecule has 0 aromatic carbocycles. The van der Waals surface area contributed by atoms with Crippen molar-refractivity contribution in [2.75, 3.05) is 6.54 Å². The van der Waals surface area contributed by atoms with Crippen LogP contribution in [0.3, 0.4) is 0 Å². The van der Waals surface area contributed by atoms with Gasteiger partial charge in [0.2, 0.25) is 0 Å². The first-order valence-electron chi connectivity index (χ1n) is 2.88. The van der Waals surface area contributed by atoms with Crippen LogP contribution in [0, 0.1) is 0 Å². The summed E-state index contributed by atoms with van der Waals surface area (Å²) < 4.78 is 1.74. The molecular formula is C5H10N4. The predicted molar refractivity (Wildman–Crippen MR) is 33.8 cm³/mol. The lowest BCUT2D eigenvalue weighted by molar-refractivity contribution is 0.499. The highest BCUT2D eigenvalue weighted by atomic mass is 15.3. The lowest BCUT2D eigenvalue weighted by Crippen LogP contribution is -2.16. The maximum absolute atomic E-state index is 5.37. The topological polar surface area (TPSA) is 56.7 Å². The Hall–Kier alpha value is -0.900. The molecule has 2 N–H and O–H groups in total. The van der Waals surface area contributed by atoms with E-state index in [2.05, 4.69) is 10.1 Å². The molecule has 4 heteroatoms. The fraction of sp³-hybridized carbons (Fsp3) is 0.600. The van der Waals surface area contributed by atoms with Crippen LogP contribution >= 0.6 is 0 Å². The smallest absolute Gasteiger partial charge is 0.137 e. The number of nitrogens with two attached hydrogens (primary N) is 1. The number of rotatable bonds is 2. The summed E-state index contributed by atoms with van der Waals surface area (Å²) in [6.45, 7) is 2.60. The SMILES string of the molecule is C[C@@H](CN)n1cncn1. The van der Waals surface area contributed by atoms with Crippen LogP contribution in [-0.2, 0) is 0 Å². The number of aromatic nitrogens is 3. The molecule has 0 aliphatic rings. The van der Waals surface area contributed by atoms with Gasteiger partial charge in [0.15, 0.2) is 0 Å². The Bertz CT molecular complexity index is 157. The van der Waals surface area contributed by atoms with Crippen LogP contribution in [-0.4, -0.2) is 21.3 Å². The molecule has 0 saturated heterocycles. The van der Waals surface area contributed by atoms with Gasteiger partial charge in [-0.05, 0) is 6.92 Å². The lowest BCUT2D eigenvalue weighted by atomic mass is 10.4. The highest BCUT2D eigenvalue weighted by molar-refractivity contribution is 4.64. The summed E-state index contributed by atoms with van der Waals surface area (Å²) >= 11 is 0. The Morgan fingerprint density at radius 1 is 1.78 bits per heavy atom. The van der Waals surface area contributed by atoms with Crippen LogP contribution < -0.4 is 5.73 Å². The van der Waals surface area contributed by atoms with Gasteiger partial charge in [-0.15, -0.1) is 0 Å². The van der Waals surface area contributed by atoms with E-state index < -0.39 is 0 Å². The van der Waals surface area contributed by atoms with E-state index in [1.54, 1.807) is 11.0 Å². The minimum Gasteiger partial charge on any atom is -0.328 e. The van der Waals surface area contributed by atoms with Crippen LogP contribution in [0.25, 0.3) is 0 Å². The zero-order valence-electron chi connectivity index (χ0n) is 5.36. The summed E-state index contributed by atoms with van der Waals surface area (Å²) in [5, 5.41) is 3.91. The molecule has 0 radical (unpaired) electrons. The van der Waals surface area contributed by atoms with Gasteiger partial charge in [-0.2, -0.15) is 5.10 Å². The molecule has 0 aliphatic heterocycles. The third-order valence-electron chi connectivity index (χ3n) is 1.23. The molecule has 9 heavy (non-hydrogen) atoms. The molecule has 1 rings (SSSR count). The minimum absolute atomic E-state index is 0.257. The minimum atomic E-state index is 0.257. The van der Waals surface area contributed by atoms with E-state index in [-0.39, 0.29) is 6.04 Å². The molecule has 50 valence electrons. The van der Waals surface area contributed by atoms with Gasteiger partial charge >= 0.3 is 0 Å². The van der Waals surface area contributed by atoms with Crippen LogP contribution in [0.1, 0.15) is 13.0 Å². The Kier molecular flexibility index (Phi) is 1.79. The van der Waals surface area contributed by atoms with E-state index in [4.69, 9.17) is 5.73 Å². The second-order valence-electron chi connectivity index (χ2n) is 1.96. The largest absolute Gasteiger partial charge is 0.328 e. The molecule has 4 nitrogen and oxygen atoms in total. The highest BCUT2D eigenvalue weighted by Crippen LogP contribution is 1.96. The van der Waals surface area contributed by atoms with Crippen molar-refractivity contribution in [3.8, 4) is 0 Å². The fourth-order valence-corrected chi connectivity index (χ4v) is 0.553. The van der Waals surface area contributed by atoms with Crippen molar-refractivity contribution in [3.05, 3.63) is 12.7 Å². The molecular weight excluding hydrogens is 116 g/mol. The standard InChI is InChI=1S/C5H10N4/c1-5(2-6)9-4-7-3-8-9/h3-5H,2,6H2,1H3/t5-/m0/s1. The molecule has 0 fully saturated rings. The van der Waals surface area contributed by atoms with Gasteiger partial charge in [0, 0.05) is 6.54 Å². The summed E-state index contributed by atoms with van der Waals surface area (Å²) in [5.74, 6) is 0. The first kappa shape index (κ1) is 6.22. The molecule has 1 heterocycles. The molecule has 0 bridgehead atoms. The van der Waals surface area contributed by atoms with E-state index in [0.29, 0.717) is 6.54 Å².